The highest BCUT2D eigenvalue weighted by Crippen LogP contribution is 2.32. The molecular formula is C16H30N2O2. The lowest BCUT2D eigenvalue weighted by molar-refractivity contribution is 0.109. The van der Waals surface area contributed by atoms with Gasteiger partial charge in [0.1, 0.15) is 0 Å². The van der Waals surface area contributed by atoms with E-state index in [1.807, 2.05) is 6.92 Å². The number of carbonyl (C=O) groups excluding carboxylic acids is 1. The van der Waals surface area contributed by atoms with Gasteiger partial charge in [-0.25, -0.2) is 4.79 Å². The molecule has 0 unspecified atom stereocenters. The van der Waals surface area contributed by atoms with Gasteiger partial charge in [-0.15, -0.1) is 0 Å². The Morgan fingerprint density at radius 3 is 2.45 bits per heavy atom. The summed E-state index contributed by atoms with van der Waals surface area (Å²) in [6.45, 7) is 7.97. The Morgan fingerprint density at radius 1 is 1.25 bits per heavy atom. The first-order valence-electron chi connectivity index (χ1n) is 8.35. The molecule has 1 N–H and O–H groups in total. The lowest BCUT2D eigenvalue weighted by Crippen LogP contribution is -2.55. The molecule has 1 aliphatic carbocycles. The number of piperidine rings is 1. The first-order valence-corrected chi connectivity index (χ1v) is 8.35. The molecule has 0 aromatic rings. The predicted molar refractivity (Wildman–Crippen MR) is 80.8 cm³/mol. The second-order valence-electron chi connectivity index (χ2n) is 6.46. The molecule has 1 saturated carbocycles. The van der Waals surface area contributed by atoms with E-state index in [2.05, 4.69) is 17.1 Å². The first kappa shape index (κ1) is 15.6. The van der Waals surface area contributed by atoms with Gasteiger partial charge in [-0.3, -0.25) is 0 Å². The monoisotopic (exact) mass is 282 g/mol. The largest absolute Gasteiger partial charge is 0.450 e. The van der Waals surface area contributed by atoms with Crippen LogP contribution in [-0.2, 0) is 4.74 Å². The van der Waals surface area contributed by atoms with Crippen molar-refractivity contribution < 1.29 is 9.53 Å². The fraction of sp³-hybridized carbons (Fsp3) is 0.938. The minimum atomic E-state index is -0.238. The molecule has 1 heterocycles. The van der Waals surface area contributed by atoms with Crippen LogP contribution < -0.4 is 5.32 Å². The molecule has 0 radical (unpaired) electrons. The van der Waals surface area contributed by atoms with Crippen molar-refractivity contribution in [1.29, 1.82) is 0 Å². The van der Waals surface area contributed by atoms with E-state index in [0.717, 1.165) is 25.3 Å². The van der Waals surface area contributed by atoms with E-state index in [4.69, 9.17) is 4.74 Å². The van der Waals surface area contributed by atoms with Gasteiger partial charge < -0.3 is 15.0 Å². The minimum Gasteiger partial charge on any atom is -0.450 e. The molecule has 0 bridgehead atoms. The Kier molecular flexibility index (Phi) is 5.70. The van der Waals surface area contributed by atoms with Crippen molar-refractivity contribution in [3.8, 4) is 0 Å². The van der Waals surface area contributed by atoms with Crippen molar-refractivity contribution in [3.05, 3.63) is 0 Å². The highest BCUT2D eigenvalue weighted by atomic mass is 16.5. The number of hydrogen-bond donors (Lipinski definition) is 1. The van der Waals surface area contributed by atoms with Crippen LogP contribution in [0.3, 0.4) is 0 Å². The molecule has 0 aromatic carbocycles. The summed E-state index contributed by atoms with van der Waals surface area (Å²) < 4.78 is 5.08. The van der Waals surface area contributed by atoms with E-state index in [1.54, 1.807) is 0 Å². The standard InChI is InChI=1S/C16H30N2O2/c1-3-14-7-11-18(12-8-14)13-16(9-5-6-10-16)17-15(19)20-4-2/h14H,3-13H2,1-2H3,(H,17,19). The van der Waals surface area contributed by atoms with E-state index in [0.29, 0.717) is 6.61 Å². The Bertz CT molecular complexity index is 306. The molecule has 0 spiro atoms. The van der Waals surface area contributed by atoms with Crippen LogP contribution in [0.1, 0.15) is 58.8 Å². The molecular weight excluding hydrogens is 252 g/mol. The van der Waals surface area contributed by atoms with Gasteiger partial charge in [0.25, 0.3) is 0 Å². The van der Waals surface area contributed by atoms with Crippen molar-refractivity contribution in [2.24, 2.45) is 5.92 Å². The van der Waals surface area contributed by atoms with E-state index in [9.17, 15) is 4.79 Å². The Labute approximate surface area is 123 Å². The second-order valence-corrected chi connectivity index (χ2v) is 6.46. The molecule has 2 aliphatic rings. The SMILES string of the molecule is CCOC(=O)NC1(CN2CCC(CC)CC2)CCCC1. The van der Waals surface area contributed by atoms with Crippen LogP contribution >= 0.6 is 0 Å². The third-order valence-corrected chi connectivity index (χ3v) is 5.01. The Balaban J connectivity index is 1.87. The van der Waals surface area contributed by atoms with Gasteiger partial charge in [0.05, 0.1) is 12.1 Å². The quantitative estimate of drug-likeness (QED) is 0.842. The highest BCUT2D eigenvalue weighted by Gasteiger charge is 2.38. The molecule has 0 atom stereocenters. The number of nitrogens with zero attached hydrogens (tertiary/aromatic N) is 1. The minimum absolute atomic E-state index is 0.0364. The highest BCUT2D eigenvalue weighted by molar-refractivity contribution is 5.68. The molecule has 1 aliphatic heterocycles. The normalized spacial score (nSPS) is 23.7. The maximum atomic E-state index is 11.8. The molecule has 1 amide bonds. The first-order chi connectivity index (χ1) is 9.67. The molecule has 116 valence electrons. The molecule has 2 fully saturated rings. The van der Waals surface area contributed by atoms with Crippen LogP contribution in [0.4, 0.5) is 4.79 Å². The van der Waals surface area contributed by atoms with Crippen molar-refractivity contribution in [2.75, 3.05) is 26.2 Å². The fourth-order valence-corrected chi connectivity index (χ4v) is 3.74. The number of ether oxygens (including phenoxy) is 1. The van der Waals surface area contributed by atoms with E-state index >= 15 is 0 Å². The molecule has 20 heavy (non-hydrogen) atoms. The van der Waals surface area contributed by atoms with Crippen molar-refractivity contribution in [1.82, 2.24) is 10.2 Å². The summed E-state index contributed by atoms with van der Waals surface area (Å²) in [6, 6.07) is 0. The zero-order chi connectivity index (χ0) is 14.4. The summed E-state index contributed by atoms with van der Waals surface area (Å²) in [6.07, 6.45) is 8.32. The molecule has 1 saturated heterocycles. The van der Waals surface area contributed by atoms with Gasteiger partial charge in [-0.1, -0.05) is 26.2 Å². The topological polar surface area (TPSA) is 41.6 Å². The third-order valence-electron chi connectivity index (χ3n) is 5.01. The number of rotatable bonds is 5. The maximum absolute atomic E-state index is 11.8. The molecule has 4 heteroatoms. The summed E-state index contributed by atoms with van der Waals surface area (Å²) in [5.74, 6) is 0.906. The Morgan fingerprint density at radius 2 is 1.90 bits per heavy atom. The molecule has 0 aromatic heterocycles. The van der Waals surface area contributed by atoms with E-state index in [1.165, 1.54) is 45.2 Å². The van der Waals surface area contributed by atoms with Gasteiger partial charge in [-0.05, 0) is 51.6 Å². The lowest BCUT2D eigenvalue weighted by atomic mass is 9.91. The van der Waals surface area contributed by atoms with Gasteiger partial charge in [0, 0.05) is 6.54 Å². The second kappa shape index (κ2) is 7.30. The van der Waals surface area contributed by atoms with Gasteiger partial charge in [-0.2, -0.15) is 0 Å². The van der Waals surface area contributed by atoms with Crippen LogP contribution in [0.2, 0.25) is 0 Å². The number of alkyl carbamates (subject to hydrolysis) is 1. The summed E-state index contributed by atoms with van der Waals surface area (Å²) in [5, 5.41) is 3.16. The maximum Gasteiger partial charge on any atom is 0.407 e. The third kappa shape index (κ3) is 4.11. The average Bonchev–Trinajstić information content (AvgIpc) is 2.88. The van der Waals surface area contributed by atoms with Crippen LogP contribution in [0.25, 0.3) is 0 Å². The number of amides is 1. The number of nitrogens with one attached hydrogen (secondary N) is 1. The van der Waals surface area contributed by atoms with Gasteiger partial charge in [0.15, 0.2) is 0 Å². The summed E-state index contributed by atoms with van der Waals surface area (Å²) in [7, 11) is 0. The van der Waals surface area contributed by atoms with Crippen molar-refractivity contribution >= 4 is 6.09 Å². The average molecular weight is 282 g/mol. The fourth-order valence-electron chi connectivity index (χ4n) is 3.74. The van der Waals surface area contributed by atoms with Gasteiger partial charge >= 0.3 is 6.09 Å². The van der Waals surface area contributed by atoms with Crippen LogP contribution in [0.15, 0.2) is 0 Å². The summed E-state index contributed by atoms with van der Waals surface area (Å²) in [4.78, 5) is 14.3. The van der Waals surface area contributed by atoms with Crippen molar-refractivity contribution in [2.45, 2.75) is 64.3 Å². The predicted octanol–water partition coefficient (Wildman–Crippen LogP) is 3.17. The summed E-state index contributed by atoms with van der Waals surface area (Å²) in [5.41, 5.74) is -0.0364. The zero-order valence-electron chi connectivity index (χ0n) is 13.1. The smallest absolute Gasteiger partial charge is 0.407 e. The van der Waals surface area contributed by atoms with Crippen molar-refractivity contribution in [3.63, 3.8) is 0 Å². The van der Waals surface area contributed by atoms with Crippen LogP contribution in [0.5, 0.6) is 0 Å². The zero-order valence-corrected chi connectivity index (χ0v) is 13.1. The van der Waals surface area contributed by atoms with E-state index in [-0.39, 0.29) is 11.6 Å². The number of likely N-dealkylation sites (tertiary alicyclic amines) is 1. The van der Waals surface area contributed by atoms with E-state index < -0.39 is 0 Å². The van der Waals surface area contributed by atoms with Crippen LogP contribution in [-0.4, -0.2) is 42.8 Å². The number of hydrogen-bond acceptors (Lipinski definition) is 3. The molecule has 2 rings (SSSR count). The summed E-state index contributed by atoms with van der Waals surface area (Å²) >= 11 is 0. The number of carbonyl (C=O) groups is 1. The van der Waals surface area contributed by atoms with Crippen LogP contribution in [0, 0.1) is 5.92 Å². The molecule has 4 nitrogen and oxygen atoms in total. The lowest BCUT2D eigenvalue weighted by Gasteiger charge is -2.39. The van der Waals surface area contributed by atoms with Gasteiger partial charge in [0.2, 0.25) is 0 Å². The Hall–Kier alpha value is -0.770.